The molecule has 0 saturated heterocycles. The summed E-state index contributed by atoms with van der Waals surface area (Å²) in [6, 6.07) is 0. The number of nitrogens with zero attached hydrogens (tertiary/aromatic N) is 3. The monoisotopic (exact) mass is 219 g/mol. The van der Waals surface area contributed by atoms with Gasteiger partial charge in [0.15, 0.2) is 0 Å². The fraction of sp³-hybridized carbons (Fsp3) is 0.750. The van der Waals surface area contributed by atoms with Gasteiger partial charge >= 0.3 is 0 Å². The maximum absolute atomic E-state index is 5.59. The molecule has 1 rings (SSSR count). The van der Waals surface area contributed by atoms with Crippen molar-refractivity contribution >= 4 is 23.4 Å². The van der Waals surface area contributed by atoms with Crippen LogP contribution in [-0.4, -0.2) is 32.4 Å². The Kier molecular flexibility index (Phi) is 5.23. The van der Waals surface area contributed by atoms with E-state index in [4.69, 9.17) is 11.6 Å². The van der Waals surface area contributed by atoms with Gasteiger partial charge in [-0.15, -0.1) is 16.7 Å². The molecule has 0 aromatic carbocycles. The number of hydrogen-bond donors (Lipinski definition) is 0. The van der Waals surface area contributed by atoms with Gasteiger partial charge in [-0.05, 0) is 5.75 Å². The minimum Gasteiger partial charge on any atom is -0.251 e. The number of alkyl halides is 1. The first kappa shape index (κ1) is 10.9. The summed E-state index contributed by atoms with van der Waals surface area (Å²) in [4.78, 5) is 0. The zero-order valence-corrected chi connectivity index (χ0v) is 9.31. The molecule has 0 fully saturated rings. The second-order valence-corrected chi connectivity index (χ2v) is 4.38. The fourth-order valence-electron chi connectivity index (χ4n) is 0.962. The first-order valence-corrected chi connectivity index (χ1v) is 6.08. The summed E-state index contributed by atoms with van der Waals surface area (Å²) < 4.78 is 1.88. The highest BCUT2D eigenvalue weighted by Gasteiger charge is 1.98. The highest BCUT2D eigenvalue weighted by molar-refractivity contribution is 7.99. The van der Waals surface area contributed by atoms with Gasteiger partial charge in [-0.1, -0.05) is 12.1 Å². The summed E-state index contributed by atoms with van der Waals surface area (Å²) >= 11 is 7.50. The third-order valence-corrected chi connectivity index (χ3v) is 2.67. The van der Waals surface area contributed by atoms with Crippen LogP contribution in [0.2, 0.25) is 0 Å². The van der Waals surface area contributed by atoms with Crippen molar-refractivity contribution in [2.24, 2.45) is 0 Å². The van der Waals surface area contributed by atoms with Gasteiger partial charge in [0.1, 0.15) is 0 Å². The summed E-state index contributed by atoms with van der Waals surface area (Å²) in [6.07, 6.45) is 2.78. The van der Waals surface area contributed by atoms with Crippen LogP contribution in [0.1, 0.15) is 12.6 Å². The Morgan fingerprint density at radius 1 is 1.62 bits per heavy atom. The smallest absolute Gasteiger partial charge is 0.0839 e. The van der Waals surface area contributed by atoms with E-state index < -0.39 is 0 Å². The van der Waals surface area contributed by atoms with Crippen molar-refractivity contribution in [3.8, 4) is 0 Å². The predicted molar refractivity (Wildman–Crippen MR) is 57.4 cm³/mol. The van der Waals surface area contributed by atoms with Crippen molar-refractivity contribution in [2.75, 3.05) is 17.4 Å². The van der Waals surface area contributed by atoms with E-state index in [1.165, 1.54) is 0 Å². The molecule has 13 heavy (non-hydrogen) atoms. The molecule has 0 aliphatic carbocycles. The summed E-state index contributed by atoms with van der Waals surface area (Å²) in [6.45, 7) is 3.10. The molecule has 0 saturated carbocycles. The van der Waals surface area contributed by atoms with E-state index in [9.17, 15) is 0 Å². The lowest BCUT2D eigenvalue weighted by Gasteiger charge is -1.97. The maximum atomic E-state index is 5.59. The largest absolute Gasteiger partial charge is 0.251 e. The van der Waals surface area contributed by atoms with Gasteiger partial charge in [0.05, 0.1) is 12.2 Å². The lowest BCUT2D eigenvalue weighted by Crippen LogP contribution is -2.01. The molecule has 5 heteroatoms. The van der Waals surface area contributed by atoms with Crippen molar-refractivity contribution < 1.29 is 0 Å². The van der Waals surface area contributed by atoms with Crippen LogP contribution < -0.4 is 0 Å². The number of halogens is 1. The van der Waals surface area contributed by atoms with E-state index >= 15 is 0 Å². The highest BCUT2D eigenvalue weighted by Crippen LogP contribution is 2.01. The molecule has 1 aromatic rings. The minimum atomic E-state index is 0.613. The van der Waals surface area contributed by atoms with Gasteiger partial charge in [-0.3, -0.25) is 4.68 Å². The Bertz CT molecular complexity index is 239. The molecule has 3 nitrogen and oxygen atoms in total. The molecule has 0 unspecified atom stereocenters. The van der Waals surface area contributed by atoms with Crippen LogP contribution in [0.25, 0.3) is 0 Å². The molecular formula is C8H14ClN3S. The Morgan fingerprint density at radius 3 is 3.15 bits per heavy atom. The molecule has 0 radical (unpaired) electrons. The molecule has 1 aromatic heterocycles. The van der Waals surface area contributed by atoms with E-state index in [-0.39, 0.29) is 0 Å². The minimum absolute atomic E-state index is 0.613. The molecule has 0 spiro atoms. The molecule has 0 aliphatic rings. The average molecular weight is 220 g/mol. The van der Waals surface area contributed by atoms with Crippen molar-refractivity contribution in [3.63, 3.8) is 0 Å². The first-order chi connectivity index (χ1) is 6.36. The van der Waals surface area contributed by atoms with E-state index in [0.717, 1.165) is 30.2 Å². The van der Waals surface area contributed by atoms with Crippen LogP contribution in [0.15, 0.2) is 6.20 Å². The van der Waals surface area contributed by atoms with Gasteiger partial charge in [-0.25, -0.2) is 0 Å². The maximum Gasteiger partial charge on any atom is 0.0839 e. The Labute approximate surface area is 87.8 Å². The summed E-state index contributed by atoms with van der Waals surface area (Å²) in [5.41, 5.74) is 0.983. The van der Waals surface area contributed by atoms with Gasteiger partial charge in [0, 0.05) is 24.3 Å². The summed E-state index contributed by atoms with van der Waals surface area (Å²) in [5.74, 6) is 2.87. The number of hydrogen-bond acceptors (Lipinski definition) is 3. The van der Waals surface area contributed by atoms with Crippen molar-refractivity contribution in [3.05, 3.63) is 11.9 Å². The lowest BCUT2D eigenvalue weighted by atomic mass is 10.4. The van der Waals surface area contributed by atoms with Crippen LogP contribution in [-0.2, 0) is 13.0 Å². The van der Waals surface area contributed by atoms with Crippen molar-refractivity contribution in [2.45, 2.75) is 19.9 Å². The Hall–Kier alpha value is -0.220. The molecule has 0 N–H and O–H groups in total. The lowest BCUT2D eigenvalue weighted by molar-refractivity contribution is 0.632. The highest BCUT2D eigenvalue weighted by atomic mass is 35.5. The molecule has 0 bridgehead atoms. The SMILES string of the molecule is CCSCCn1cc(CCCl)nn1. The van der Waals surface area contributed by atoms with E-state index in [0.29, 0.717) is 5.88 Å². The van der Waals surface area contributed by atoms with Crippen LogP contribution in [0.3, 0.4) is 0 Å². The normalized spacial score (nSPS) is 10.6. The summed E-state index contributed by atoms with van der Waals surface area (Å²) in [7, 11) is 0. The molecule has 0 amide bonds. The Morgan fingerprint density at radius 2 is 2.46 bits per heavy atom. The number of thioether (sulfide) groups is 1. The molecule has 0 atom stereocenters. The van der Waals surface area contributed by atoms with Crippen molar-refractivity contribution in [1.29, 1.82) is 0 Å². The quantitative estimate of drug-likeness (QED) is 0.540. The van der Waals surface area contributed by atoms with E-state index in [1.54, 1.807) is 0 Å². The predicted octanol–water partition coefficient (Wildman–Crippen LogP) is 1.81. The van der Waals surface area contributed by atoms with E-state index in [1.807, 2.05) is 22.6 Å². The second kappa shape index (κ2) is 6.27. The van der Waals surface area contributed by atoms with Crippen LogP contribution in [0.5, 0.6) is 0 Å². The van der Waals surface area contributed by atoms with Crippen LogP contribution in [0.4, 0.5) is 0 Å². The number of aryl methyl sites for hydroxylation is 2. The van der Waals surface area contributed by atoms with Crippen molar-refractivity contribution in [1.82, 2.24) is 15.0 Å². The number of rotatable bonds is 6. The standard InChI is InChI=1S/C8H14ClN3S/c1-2-13-6-5-12-7-8(3-4-9)10-11-12/h7H,2-6H2,1H3. The third-order valence-electron chi connectivity index (χ3n) is 1.61. The topological polar surface area (TPSA) is 30.7 Å². The van der Waals surface area contributed by atoms with Crippen LogP contribution >= 0.6 is 23.4 Å². The van der Waals surface area contributed by atoms with Gasteiger partial charge in [0.2, 0.25) is 0 Å². The molecule has 0 aliphatic heterocycles. The molecule has 1 heterocycles. The molecular weight excluding hydrogens is 206 g/mol. The average Bonchev–Trinajstić information content (AvgIpc) is 2.54. The van der Waals surface area contributed by atoms with E-state index in [2.05, 4.69) is 17.2 Å². The number of aromatic nitrogens is 3. The van der Waals surface area contributed by atoms with Gasteiger partial charge < -0.3 is 0 Å². The second-order valence-electron chi connectivity index (χ2n) is 2.61. The van der Waals surface area contributed by atoms with Gasteiger partial charge in [-0.2, -0.15) is 11.8 Å². The molecule has 74 valence electrons. The van der Waals surface area contributed by atoms with Gasteiger partial charge in [0.25, 0.3) is 0 Å². The zero-order valence-electron chi connectivity index (χ0n) is 7.74. The first-order valence-electron chi connectivity index (χ1n) is 4.39. The Balaban J connectivity index is 2.31. The van der Waals surface area contributed by atoms with Crippen LogP contribution in [0, 0.1) is 0 Å². The zero-order chi connectivity index (χ0) is 9.52. The third kappa shape index (κ3) is 4.00. The fourth-order valence-corrected chi connectivity index (χ4v) is 1.76. The summed E-state index contributed by atoms with van der Waals surface area (Å²) in [5, 5.41) is 8.01.